The van der Waals surface area contributed by atoms with Crippen molar-refractivity contribution in [1.82, 2.24) is 0 Å². The molecule has 0 saturated heterocycles. The summed E-state index contributed by atoms with van der Waals surface area (Å²) in [4.78, 5) is 22.8. The first-order valence-corrected chi connectivity index (χ1v) is 6.97. The summed E-state index contributed by atoms with van der Waals surface area (Å²) in [7, 11) is 1.35. The second kappa shape index (κ2) is 7.26. The number of carboxylic acids is 1. The van der Waals surface area contributed by atoms with Gasteiger partial charge in [0.1, 0.15) is 5.60 Å². The largest absolute Gasteiger partial charge is 0.479 e. The molecule has 0 radical (unpaired) electrons. The average molecular weight is 309 g/mol. The molecule has 6 heteroatoms. The first-order valence-electron chi connectivity index (χ1n) is 6.97. The third kappa shape index (κ3) is 5.73. The van der Waals surface area contributed by atoms with E-state index in [4.69, 9.17) is 14.6 Å². The molecule has 0 aliphatic heterocycles. The Bertz CT molecular complexity index is 548. The van der Waals surface area contributed by atoms with Crippen LogP contribution in [-0.4, -0.2) is 36.0 Å². The van der Waals surface area contributed by atoms with Gasteiger partial charge in [-0.15, -0.1) is 0 Å². The minimum Gasteiger partial charge on any atom is -0.479 e. The number of rotatable bonds is 5. The van der Waals surface area contributed by atoms with Gasteiger partial charge in [0.2, 0.25) is 0 Å². The molecule has 0 saturated carbocycles. The standard InChI is InChI=1S/C16H23NO5/c1-10-6-7-11(9-13(21-5)14(18)19)8-12(10)17-15(20)22-16(2,3)4/h6-8,13H,9H2,1-5H3,(H,17,20)(H,18,19). The number of amides is 1. The van der Waals surface area contributed by atoms with Crippen molar-refractivity contribution in [3.05, 3.63) is 29.3 Å². The summed E-state index contributed by atoms with van der Waals surface area (Å²) in [5.41, 5.74) is 1.62. The highest BCUT2D eigenvalue weighted by Gasteiger charge is 2.19. The van der Waals surface area contributed by atoms with Gasteiger partial charge < -0.3 is 14.6 Å². The van der Waals surface area contributed by atoms with Gasteiger partial charge in [0, 0.05) is 19.2 Å². The fraction of sp³-hybridized carbons (Fsp3) is 0.500. The van der Waals surface area contributed by atoms with Gasteiger partial charge >= 0.3 is 12.1 Å². The lowest BCUT2D eigenvalue weighted by atomic mass is 10.0. The average Bonchev–Trinajstić information content (AvgIpc) is 2.36. The molecule has 1 unspecified atom stereocenters. The van der Waals surface area contributed by atoms with Crippen molar-refractivity contribution in [2.24, 2.45) is 0 Å². The van der Waals surface area contributed by atoms with Crippen molar-refractivity contribution in [1.29, 1.82) is 0 Å². The SMILES string of the molecule is COC(Cc1ccc(C)c(NC(=O)OC(C)(C)C)c1)C(=O)O. The van der Waals surface area contributed by atoms with E-state index < -0.39 is 23.8 Å². The number of aryl methyl sites for hydroxylation is 1. The van der Waals surface area contributed by atoms with E-state index in [-0.39, 0.29) is 6.42 Å². The van der Waals surface area contributed by atoms with Crippen molar-refractivity contribution in [3.63, 3.8) is 0 Å². The van der Waals surface area contributed by atoms with Crippen molar-refractivity contribution >= 4 is 17.7 Å². The predicted molar refractivity (Wildman–Crippen MR) is 83.2 cm³/mol. The maximum Gasteiger partial charge on any atom is 0.412 e. The molecule has 0 bridgehead atoms. The zero-order valence-corrected chi connectivity index (χ0v) is 13.6. The number of hydrogen-bond acceptors (Lipinski definition) is 4. The molecule has 0 aliphatic rings. The first kappa shape index (κ1) is 18.0. The summed E-state index contributed by atoms with van der Waals surface area (Å²) < 4.78 is 10.1. The zero-order valence-electron chi connectivity index (χ0n) is 13.6. The van der Waals surface area contributed by atoms with Gasteiger partial charge in [-0.3, -0.25) is 5.32 Å². The summed E-state index contributed by atoms with van der Waals surface area (Å²) in [6.07, 6.45) is -1.25. The maximum absolute atomic E-state index is 11.8. The number of methoxy groups -OCH3 is 1. The molecule has 2 N–H and O–H groups in total. The quantitative estimate of drug-likeness (QED) is 0.873. The topological polar surface area (TPSA) is 84.9 Å². The van der Waals surface area contributed by atoms with Crippen LogP contribution in [-0.2, 0) is 20.7 Å². The van der Waals surface area contributed by atoms with Crippen LogP contribution in [0.2, 0.25) is 0 Å². The van der Waals surface area contributed by atoms with Gasteiger partial charge in [-0.1, -0.05) is 12.1 Å². The number of carbonyl (C=O) groups is 2. The molecular weight excluding hydrogens is 286 g/mol. The van der Waals surface area contributed by atoms with Crippen LogP contribution in [0.1, 0.15) is 31.9 Å². The Balaban J connectivity index is 2.86. The van der Waals surface area contributed by atoms with Gasteiger partial charge in [-0.2, -0.15) is 0 Å². The minimum atomic E-state index is -1.02. The molecule has 1 aromatic rings. The number of carboxylic acid groups (broad SMARTS) is 1. The highest BCUT2D eigenvalue weighted by molar-refractivity contribution is 5.86. The lowest BCUT2D eigenvalue weighted by molar-refractivity contribution is -0.148. The molecule has 0 spiro atoms. The first-order chi connectivity index (χ1) is 10.1. The molecule has 0 fully saturated rings. The smallest absolute Gasteiger partial charge is 0.412 e. The summed E-state index contributed by atoms with van der Waals surface area (Å²) in [5, 5.41) is 11.7. The molecule has 22 heavy (non-hydrogen) atoms. The van der Waals surface area contributed by atoms with Crippen molar-refractivity contribution in [2.45, 2.75) is 45.8 Å². The van der Waals surface area contributed by atoms with Crippen LogP contribution in [0.15, 0.2) is 18.2 Å². The van der Waals surface area contributed by atoms with Crippen LogP contribution in [0.25, 0.3) is 0 Å². The second-order valence-corrected chi connectivity index (χ2v) is 6.04. The Morgan fingerprint density at radius 1 is 1.32 bits per heavy atom. The fourth-order valence-electron chi connectivity index (χ4n) is 1.83. The molecule has 1 rings (SSSR count). The summed E-state index contributed by atoms with van der Waals surface area (Å²) in [5.74, 6) is -1.02. The molecule has 0 aromatic heterocycles. The monoisotopic (exact) mass is 309 g/mol. The number of carbonyl (C=O) groups excluding carboxylic acids is 1. The minimum absolute atomic E-state index is 0.217. The molecule has 122 valence electrons. The van der Waals surface area contributed by atoms with Crippen LogP contribution in [0.4, 0.5) is 10.5 Å². The molecule has 1 aromatic carbocycles. The van der Waals surface area contributed by atoms with E-state index in [0.717, 1.165) is 11.1 Å². The predicted octanol–water partition coefficient (Wildman–Crippen LogP) is 2.98. The zero-order chi connectivity index (χ0) is 16.9. The van der Waals surface area contributed by atoms with E-state index in [1.807, 2.05) is 19.1 Å². The van der Waals surface area contributed by atoms with Crippen LogP contribution >= 0.6 is 0 Å². The number of hydrogen-bond donors (Lipinski definition) is 2. The van der Waals surface area contributed by atoms with E-state index in [9.17, 15) is 9.59 Å². The summed E-state index contributed by atoms with van der Waals surface area (Å²) in [6, 6.07) is 5.36. The Labute approximate surface area is 130 Å². The third-order valence-corrected chi connectivity index (χ3v) is 2.92. The molecule has 1 atom stereocenters. The second-order valence-electron chi connectivity index (χ2n) is 6.04. The summed E-state index contributed by atoms with van der Waals surface area (Å²) in [6.45, 7) is 7.20. The highest BCUT2D eigenvalue weighted by Crippen LogP contribution is 2.20. The van der Waals surface area contributed by atoms with E-state index in [2.05, 4.69) is 5.32 Å². The van der Waals surface area contributed by atoms with E-state index >= 15 is 0 Å². The van der Waals surface area contributed by atoms with Crippen molar-refractivity contribution in [3.8, 4) is 0 Å². The van der Waals surface area contributed by atoms with Gasteiger partial charge in [0.25, 0.3) is 0 Å². The molecule has 1 amide bonds. The molecule has 0 heterocycles. The van der Waals surface area contributed by atoms with E-state index in [1.165, 1.54) is 7.11 Å². The van der Waals surface area contributed by atoms with Gasteiger partial charge in [0.05, 0.1) is 0 Å². The van der Waals surface area contributed by atoms with Crippen molar-refractivity contribution in [2.75, 3.05) is 12.4 Å². The van der Waals surface area contributed by atoms with E-state index in [0.29, 0.717) is 5.69 Å². The van der Waals surface area contributed by atoms with Gasteiger partial charge in [-0.05, 0) is 44.9 Å². The number of ether oxygens (including phenoxy) is 2. The highest BCUT2D eigenvalue weighted by atomic mass is 16.6. The summed E-state index contributed by atoms with van der Waals surface area (Å²) >= 11 is 0. The van der Waals surface area contributed by atoms with Crippen LogP contribution in [0.5, 0.6) is 0 Å². The lowest BCUT2D eigenvalue weighted by Crippen LogP contribution is -2.27. The Hall–Kier alpha value is -2.08. The van der Waals surface area contributed by atoms with Gasteiger partial charge in [-0.25, -0.2) is 9.59 Å². The third-order valence-electron chi connectivity index (χ3n) is 2.92. The maximum atomic E-state index is 11.8. The van der Waals surface area contributed by atoms with Crippen molar-refractivity contribution < 1.29 is 24.2 Å². The number of anilines is 1. The number of aliphatic carboxylic acids is 1. The molecule has 6 nitrogen and oxygen atoms in total. The molecule has 0 aliphatic carbocycles. The van der Waals surface area contributed by atoms with E-state index in [1.54, 1.807) is 26.8 Å². The number of nitrogens with one attached hydrogen (secondary N) is 1. The van der Waals surface area contributed by atoms with Gasteiger partial charge in [0.15, 0.2) is 6.10 Å². The van der Waals surface area contributed by atoms with Crippen LogP contribution < -0.4 is 5.32 Å². The lowest BCUT2D eigenvalue weighted by Gasteiger charge is -2.20. The Morgan fingerprint density at radius 2 is 1.95 bits per heavy atom. The fourth-order valence-corrected chi connectivity index (χ4v) is 1.83. The Kier molecular flexibility index (Phi) is 5.93. The normalized spacial score (nSPS) is 12.6. The molecular formula is C16H23NO5. The van der Waals surface area contributed by atoms with Crippen LogP contribution in [0.3, 0.4) is 0 Å². The Morgan fingerprint density at radius 3 is 2.45 bits per heavy atom. The number of benzene rings is 1. The van der Waals surface area contributed by atoms with Crippen LogP contribution in [0, 0.1) is 6.92 Å².